The molecule has 5 amide bonds. The third-order valence-corrected chi connectivity index (χ3v) is 22.0. The zero-order valence-electron chi connectivity index (χ0n) is 72.5. The van der Waals surface area contributed by atoms with Crippen molar-refractivity contribution in [2.24, 2.45) is 0 Å². The molecule has 3 atom stereocenters. The van der Waals surface area contributed by atoms with Crippen LogP contribution in [0.25, 0.3) is 44.5 Å². The average molecular weight is 1750 g/mol. The number of aliphatic hydroxyl groups is 2. The van der Waals surface area contributed by atoms with Gasteiger partial charge in [0.25, 0.3) is 0 Å². The third kappa shape index (κ3) is 24.4. The summed E-state index contributed by atoms with van der Waals surface area (Å²) in [5, 5.41) is 49.0. The maximum absolute atomic E-state index is 12.9. The monoisotopic (exact) mass is 1750 g/mol. The summed E-state index contributed by atoms with van der Waals surface area (Å²) in [7, 11) is 0. The lowest BCUT2D eigenvalue weighted by molar-refractivity contribution is -0.145. The predicted molar refractivity (Wildman–Crippen MR) is 485 cm³/mol. The second-order valence-electron chi connectivity index (χ2n) is 32.9. The van der Waals surface area contributed by atoms with Gasteiger partial charge in [0.2, 0.25) is 11.8 Å². The summed E-state index contributed by atoms with van der Waals surface area (Å²) in [5.74, 6) is -4.88. The molecular weight excluding hydrogens is 1640 g/mol. The van der Waals surface area contributed by atoms with Crippen LogP contribution in [0.4, 0.5) is 14.4 Å². The average Bonchev–Trinajstić information content (AvgIpc) is 1.67. The number of alkyl carbamates (subject to hydrolysis) is 3. The number of fused-ring (bicyclic) bond motifs is 12. The molecule has 0 heterocycles. The minimum absolute atomic E-state index is 0.00455. The predicted octanol–water partition coefficient (Wildman–Crippen LogP) is 14.9. The highest BCUT2D eigenvalue weighted by molar-refractivity contribution is 5.88. The number of amides is 5. The molecule has 0 saturated heterocycles. The molecule has 0 aromatic heterocycles. The molecule has 0 spiro atoms. The van der Waals surface area contributed by atoms with Crippen LogP contribution in [0, 0.1) is 0 Å². The van der Waals surface area contributed by atoms with E-state index in [9.17, 15) is 53.4 Å². The molecule has 0 saturated carbocycles. The molecule has 129 heavy (non-hydrogen) atoms. The largest absolute Gasteiger partial charge is 0.480 e. The topological polar surface area (TPSA) is 371 Å². The van der Waals surface area contributed by atoms with E-state index < -0.39 is 90.1 Å². The summed E-state index contributed by atoms with van der Waals surface area (Å²) in [6, 6.07) is 89.5. The second-order valence-corrected chi connectivity index (χ2v) is 32.9. The fourth-order valence-electron chi connectivity index (χ4n) is 16.0. The van der Waals surface area contributed by atoms with E-state index in [2.05, 4.69) is 80.6 Å². The van der Waals surface area contributed by atoms with Gasteiger partial charge in [-0.3, -0.25) is 24.0 Å². The van der Waals surface area contributed by atoms with Gasteiger partial charge in [0.15, 0.2) is 0 Å². The molecule has 0 aliphatic heterocycles. The molecule has 11 aromatic carbocycles. The van der Waals surface area contributed by atoms with E-state index in [0.29, 0.717) is 13.2 Å². The van der Waals surface area contributed by atoms with Gasteiger partial charge in [0, 0.05) is 36.8 Å². The number of hydroxylamine groups is 1. The normalized spacial score (nSPS) is 13.2. The highest BCUT2D eigenvalue weighted by atomic mass is 16.7. The second kappa shape index (κ2) is 44.3. The minimum Gasteiger partial charge on any atom is -0.480 e. The van der Waals surface area contributed by atoms with E-state index in [1.54, 1.807) is 41.5 Å². The van der Waals surface area contributed by atoms with Crippen LogP contribution in [0.5, 0.6) is 0 Å². The van der Waals surface area contributed by atoms with Gasteiger partial charge < -0.3 is 75.4 Å². The first-order valence-electron chi connectivity index (χ1n) is 42.5. The number of benzene rings is 11. The van der Waals surface area contributed by atoms with Gasteiger partial charge in [-0.05, 0) is 147 Å². The number of nitrogens with one attached hydrogen (secondary N) is 6. The minimum atomic E-state index is -1.49. The number of carbonyl (C=O) groups excluding carboxylic acids is 7. The van der Waals surface area contributed by atoms with Crippen molar-refractivity contribution in [1.29, 1.82) is 0 Å². The van der Waals surface area contributed by atoms with E-state index in [1.807, 2.05) is 237 Å². The van der Waals surface area contributed by atoms with Gasteiger partial charge in [0.1, 0.15) is 62.3 Å². The molecular formula is C103H106N6O20. The van der Waals surface area contributed by atoms with Crippen molar-refractivity contribution in [2.75, 3.05) is 65.9 Å². The molecule has 668 valence electrons. The highest BCUT2D eigenvalue weighted by Crippen LogP contribution is 2.49. The molecule has 4 aliphatic rings. The van der Waals surface area contributed by atoms with Crippen LogP contribution >= 0.6 is 0 Å². The summed E-state index contributed by atoms with van der Waals surface area (Å²) in [5.41, 5.74) is 21.5. The molecule has 0 bridgehead atoms. The van der Waals surface area contributed by atoms with Crippen molar-refractivity contribution in [2.45, 2.75) is 113 Å². The number of carboxylic acid groups (broad SMARTS) is 2. The maximum atomic E-state index is 12.9. The molecule has 26 heteroatoms. The molecule has 0 fully saturated rings. The molecule has 0 unspecified atom stereocenters. The molecule has 15 rings (SSSR count). The van der Waals surface area contributed by atoms with Crippen LogP contribution in [-0.2, 0) is 67.6 Å². The van der Waals surface area contributed by atoms with E-state index in [1.165, 1.54) is 44.5 Å². The fraction of sp³-hybridized carbons (Fsp3) is 0.272. The van der Waals surface area contributed by atoms with Crippen LogP contribution in [0.15, 0.2) is 285 Å². The van der Waals surface area contributed by atoms with E-state index >= 15 is 0 Å². The summed E-state index contributed by atoms with van der Waals surface area (Å²) in [6.07, 6.45) is -2.56. The first-order valence-corrected chi connectivity index (χ1v) is 42.5. The van der Waals surface area contributed by atoms with Crippen molar-refractivity contribution >= 4 is 54.0 Å². The number of ether oxygens (including phenoxy) is 6. The Morgan fingerprint density at radius 3 is 0.884 bits per heavy atom. The van der Waals surface area contributed by atoms with E-state index in [0.717, 1.165) is 61.2 Å². The Morgan fingerprint density at radius 2 is 0.605 bits per heavy atom. The van der Waals surface area contributed by atoms with Crippen LogP contribution < -0.4 is 32.1 Å². The Balaban J connectivity index is 0.000000167. The Morgan fingerprint density at radius 1 is 0.333 bits per heavy atom. The van der Waals surface area contributed by atoms with Crippen LogP contribution in [0.2, 0.25) is 0 Å². The maximum Gasteiger partial charge on any atom is 0.408 e. The van der Waals surface area contributed by atoms with Gasteiger partial charge in [-0.25, -0.2) is 24.0 Å². The van der Waals surface area contributed by atoms with Crippen molar-refractivity contribution in [3.63, 3.8) is 0 Å². The highest BCUT2D eigenvalue weighted by Gasteiger charge is 2.39. The summed E-state index contributed by atoms with van der Waals surface area (Å²) in [4.78, 5) is 116. The van der Waals surface area contributed by atoms with E-state index in [4.69, 9.17) is 43.5 Å². The third-order valence-electron chi connectivity index (χ3n) is 22.0. The number of hydrogen-bond donors (Lipinski definition) is 10. The molecule has 11 aromatic rings. The fourth-order valence-corrected chi connectivity index (χ4v) is 16.0. The van der Waals surface area contributed by atoms with Crippen molar-refractivity contribution in [1.82, 2.24) is 32.1 Å². The lowest BCUT2D eigenvalue weighted by atomic mass is 9.78. The number of carbonyl (C=O) groups is 9. The first kappa shape index (κ1) is 94.0. The van der Waals surface area contributed by atoms with Crippen molar-refractivity contribution < 1.29 is 96.8 Å². The van der Waals surface area contributed by atoms with Crippen LogP contribution in [-0.4, -0.2) is 170 Å². The van der Waals surface area contributed by atoms with Crippen molar-refractivity contribution in [3.8, 4) is 44.5 Å². The summed E-state index contributed by atoms with van der Waals surface area (Å²) < 4.78 is 32.4. The molecule has 0 radical (unpaired) electrons. The number of aliphatic hydroxyl groups excluding tert-OH is 2. The molecule has 10 N–H and O–H groups in total. The number of carboxylic acids is 2. The Bertz CT molecular complexity index is 5330. The van der Waals surface area contributed by atoms with Crippen LogP contribution in [0.3, 0.4) is 0 Å². The number of hydrogen-bond acceptors (Lipinski definition) is 19. The molecule has 4 aliphatic carbocycles. The number of aliphatic carboxylic acids is 2. The van der Waals surface area contributed by atoms with Gasteiger partial charge in [-0.1, -0.05) is 285 Å². The Labute approximate surface area is 748 Å². The van der Waals surface area contributed by atoms with Gasteiger partial charge in [-0.15, -0.1) is 0 Å². The lowest BCUT2D eigenvalue weighted by Gasteiger charge is -2.36. The zero-order valence-corrected chi connectivity index (χ0v) is 72.5. The van der Waals surface area contributed by atoms with Gasteiger partial charge in [-0.2, -0.15) is 5.48 Å². The lowest BCUT2D eigenvalue weighted by Crippen LogP contribution is -2.55. The zero-order chi connectivity index (χ0) is 91.6. The Kier molecular flexibility index (Phi) is 32.3. The molecule has 26 nitrogen and oxygen atoms in total. The van der Waals surface area contributed by atoms with Gasteiger partial charge >= 0.3 is 42.2 Å². The van der Waals surface area contributed by atoms with E-state index in [-0.39, 0.29) is 88.0 Å². The smallest absolute Gasteiger partial charge is 0.408 e. The quantitative estimate of drug-likeness (QED) is 0.00835. The standard InChI is InChI=1S/C39H35N3O6.C30H39N3O8.2C17H16O3/c43-36(26-48-42-39(27-14-4-1-5-15-27,28-16-6-2-7-17-28)29-18-8-3-9-19-29)40-24-35(37(44)45)41-38(46)47-25-34-32-22-12-10-20-30(32)31-21-11-13-23-33(31)34;1-29(2,3)40-17-24(33-28(38)41-30(4,5)6)25(34)31-15-23(26(35)36)32-27(37)39-16-22-20-13-9-7-11-18(20)19-12-8-10-14-21(19)22;2*18-10-9-17(19)20-11-16-14-7-3-1-5-12(14)13-6-2-4-8-15(13)16/h1-23,34-35,42H,24-26H2,(H,40,43)(H,41,46)(H,44,45);7-14,22-24H,15-17H2,1-6H3,(H,31,34)(H,32,37)(H,33,38)(H,35,36);2*1-8,16,18H,9-11H2/t35-;23-,24-;;/m00../s1. The number of rotatable bonds is 31. The van der Waals surface area contributed by atoms with Gasteiger partial charge in [0.05, 0.1) is 38.3 Å². The van der Waals surface area contributed by atoms with Crippen LogP contribution in [0.1, 0.15) is 139 Å². The Hall–Kier alpha value is -14.2. The SMILES string of the molecule is CC(C)(C)OC[C@H](NC(=O)OC(C)(C)C)C(=O)NC[C@H](NC(=O)OCC1c2ccccc2-c2ccccc21)C(=O)O.O=C(CCO)OCC1c2ccccc2-c2ccccc21.O=C(CCO)OCC1c2ccccc2-c2ccccc21.O=C(CONC(c1ccccc1)(c1ccccc1)c1ccccc1)NC[C@H](NC(=O)OCC1c2ccccc2-c2ccccc21)C(=O)O. The summed E-state index contributed by atoms with van der Waals surface area (Å²) >= 11 is 0. The number of esters is 2. The summed E-state index contributed by atoms with van der Waals surface area (Å²) in [6.45, 7) is 9.30. The first-order chi connectivity index (χ1) is 62.2. The van der Waals surface area contributed by atoms with Crippen molar-refractivity contribution in [3.05, 3.63) is 346 Å².